The van der Waals surface area contributed by atoms with Gasteiger partial charge in [-0.1, -0.05) is 18.2 Å². The molecule has 138 valence electrons. The van der Waals surface area contributed by atoms with Crippen molar-refractivity contribution >= 4 is 17.3 Å². The summed E-state index contributed by atoms with van der Waals surface area (Å²) in [5.74, 6) is -0.371. The molecule has 2 aromatic carbocycles. The SMILES string of the molecule is COC1CCN(c2ccc(NC(=O)CCc3ccccc3F)cc2)CC1. The number of halogens is 1. The monoisotopic (exact) mass is 356 g/mol. The number of hydrogen-bond acceptors (Lipinski definition) is 3. The number of benzene rings is 2. The van der Waals surface area contributed by atoms with Crippen LogP contribution in [0.5, 0.6) is 0 Å². The van der Waals surface area contributed by atoms with E-state index in [1.165, 1.54) is 6.07 Å². The van der Waals surface area contributed by atoms with Gasteiger partial charge in [-0.05, 0) is 55.2 Å². The number of carbonyl (C=O) groups excluding carboxylic acids is 1. The van der Waals surface area contributed by atoms with Crippen molar-refractivity contribution in [2.24, 2.45) is 0 Å². The van der Waals surface area contributed by atoms with Crippen molar-refractivity contribution in [1.29, 1.82) is 0 Å². The average molecular weight is 356 g/mol. The number of nitrogens with zero attached hydrogens (tertiary/aromatic N) is 1. The molecule has 1 aliphatic rings. The predicted molar refractivity (Wildman–Crippen MR) is 102 cm³/mol. The van der Waals surface area contributed by atoms with E-state index in [1.807, 2.05) is 24.3 Å². The second-order valence-electron chi connectivity index (χ2n) is 6.61. The van der Waals surface area contributed by atoms with Gasteiger partial charge in [-0.15, -0.1) is 0 Å². The molecule has 26 heavy (non-hydrogen) atoms. The molecule has 1 heterocycles. The number of rotatable bonds is 6. The molecular formula is C21H25FN2O2. The van der Waals surface area contributed by atoms with Crippen molar-refractivity contribution in [2.75, 3.05) is 30.4 Å². The average Bonchev–Trinajstić information content (AvgIpc) is 2.68. The van der Waals surface area contributed by atoms with Gasteiger partial charge in [0, 0.05) is 38.0 Å². The summed E-state index contributed by atoms with van der Waals surface area (Å²) in [5.41, 5.74) is 2.49. The van der Waals surface area contributed by atoms with Gasteiger partial charge in [0.1, 0.15) is 5.82 Å². The van der Waals surface area contributed by atoms with Crippen molar-refractivity contribution in [3.05, 3.63) is 59.9 Å². The molecular weight excluding hydrogens is 331 g/mol. The van der Waals surface area contributed by atoms with Crippen LogP contribution in [-0.2, 0) is 16.0 Å². The van der Waals surface area contributed by atoms with Crippen molar-refractivity contribution in [1.82, 2.24) is 0 Å². The fourth-order valence-electron chi connectivity index (χ4n) is 3.28. The van der Waals surface area contributed by atoms with E-state index in [9.17, 15) is 9.18 Å². The number of anilines is 2. The Hall–Kier alpha value is -2.40. The van der Waals surface area contributed by atoms with Crippen LogP contribution in [0.25, 0.3) is 0 Å². The molecule has 0 aliphatic carbocycles. The fourth-order valence-corrected chi connectivity index (χ4v) is 3.28. The van der Waals surface area contributed by atoms with Crippen LogP contribution in [0.1, 0.15) is 24.8 Å². The summed E-state index contributed by atoms with van der Waals surface area (Å²) in [6.07, 6.45) is 3.08. The van der Waals surface area contributed by atoms with E-state index in [-0.39, 0.29) is 18.1 Å². The normalized spacial score (nSPS) is 15.1. The highest BCUT2D eigenvalue weighted by Crippen LogP contribution is 2.23. The minimum absolute atomic E-state index is 0.109. The minimum atomic E-state index is -0.262. The number of hydrogen-bond donors (Lipinski definition) is 1. The van der Waals surface area contributed by atoms with E-state index in [1.54, 1.807) is 25.3 Å². The number of nitrogens with one attached hydrogen (secondary N) is 1. The first-order chi connectivity index (χ1) is 12.7. The quantitative estimate of drug-likeness (QED) is 0.850. The summed E-state index contributed by atoms with van der Waals surface area (Å²) in [6.45, 7) is 1.96. The maximum Gasteiger partial charge on any atom is 0.224 e. The number of aryl methyl sites for hydroxylation is 1. The first-order valence-electron chi connectivity index (χ1n) is 9.07. The molecule has 5 heteroatoms. The molecule has 1 N–H and O–H groups in total. The lowest BCUT2D eigenvalue weighted by Gasteiger charge is -2.33. The standard InChI is InChI=1S/C21H25FN2O2/c1-26-19-12-14-24(15-13-19)18-9-7-17(8-10-18)23-21(25)11-6-16-4-2-3-5-20(16)22/h2-5,7-10,19H,6,11-15H2,1H3,(H,23,25). The molecule has 2 aromatic rings. The van der Waals surface area contributed by atoms with Crippen molar-refractivity contribution in [2.45, 2.75) is 31.8 Å². The molecule has 0 bridgehead atoms. The van der Waals surface area contributed by atoms with Crippen LogP contribution in [0.15, 0.2) is 48.5 Å². The lowest BCUT2D eigenvalue weighted by Crippen LogP contribution is -2.36. The number of amides is 1. The van der Waals surface area contributed by atoms with Crippen LogP contribution in [-0.4, -0.2) is 32.2 Å². The van der Waals surface area contributed by atoms with Crippen LogP contribution in [0.2, 0.25) is 0 Å². The maximum atomic E-state index is 13.6. The number of carbonyl (C=O) groups is 1. The Labute approximate surface area is 154 Å². The van der Waals surface area contributed by atoms with E-state index in [4.69, 9.17) is 4.74 Å². The third kappa shape index (κ3) is 4.82. The van der Waals surface area contributed by atoms with Crippen LogP contribution < -0.4 is 10.2 Å². The van der Waals surface area contributed by atoms with Crippen LogP contribution in [0, 0.1) is 5.82 Å². The van der Waals surface area contributed by atoms with E-state index >= 15 is 0 Å². The van der Waals surface area contributed by atoms with Gasteiger partial charge in [-0.25, -0.2) is 4.39 Å². The van der Waals surface area contributed by atoms with Gasteiger partial charge in [-0.2, -0.15) is 0 Å². The zero-order chi connectivity index (χ0) is 18.4. The Bertz CT molecular complexity index is 725. The lowest BCUT2D eigenvalue weighted by atomic mass is 10.1. The summed E-state index contributed by atoms with van der Waals surface area (Å²) >= 11 is 0. The van der Waals surface area contributed by atoms with Gasteiger partial charge in [0.25, 0.3) is 0 Å². The van der Waals surface area contributed by atoms with E-state index in [0.29, 0.717) is 18.1 Å². The van der Waals surface area contributed by atoms with Crippen LogP contribution in [0.4, 0.5) is 15.8 Å². The Morgan fingerprint density at radius 1 is 1.15 bits per heavy atom. The largest absolute Gasteiger partial charge is 0.381 e. The Morgan fingerprint density at radius 3 is 2.50 bits per heavy atom. The number of methoxy groups -OCH3 is 1. The van der Waals surface area contributed by atoms with E-state index in [2.05, 4.69) is 10.2 Å². The number of piperidine rings is 1. The van der Waals surface area contributed by atoms with Crippen molar-refractivity contribution in [3.63, 3.8) is 0 Å². The highest BCUT2D eigenvalue weighted by atomic mass is 19.1. The van der Waals surface area contributed by atoms with Gasteiger partial charge in [0.15, 0.2) is 0 Å². The highest BCUT2D eigenvalue weighted by molar-refractivity contribution is 5.91. The molecule has 0 aromatic heterocycles. The minimum Gasteiger partial charge on any atom is -0.381 e. The Balaban J connectivity index is 1.49. The van der Waals surface area contributed by atoms with Gasteiger partial charge in [0.2, 0.25) is 5.91 Å². The molecule has 0 spiro atoms. The van der Waals surface area contributed by atoms with Crippen molar-refractivity contribution < 1.29 is 13.9 Å². The molecule has 0 unspecified atom stereocenters. The third-order valence-corrected chi connectivity index (χ3v) is 4.87. The summed E-state index contributed by atoms with van der Waals surface area (Å²) in [7, 11) is 1.77. The third-order valence-electron chi connectivity index (χ3n) is 4.87. The number of ether oxygens (including phenoxy) is 1. The van der Waals surface area contributed by atoms with Gasteiger partial charge in [-0.3, -0.25) is 4.79 Å². The first-order valence-corrected chi connectivity index (χ1v) is 9.07. The summed E-state index contributed by atoms with van der Waals surface area (Å²) in [6, 6.07) is 14.4. The molecule has 1 saturated heterocycles. The molecule has 4 nitrogen and oxygen atoms in total. The second-order valence-corrected chi connectivity index (χ2v) is 6.61. The second kappa shape index (κ2) is 8.81. The summed E-state index contributed by atoms with van der Waals surface area (Å²) in [4.78, 5) is 14.4. The first kappa shape index (κ1) is 18.4. The van der Waals surface area contributed by atoms with Gasteiger partial charge in [0.05, 0.1) is 6.10 Å². The molecule has 0 saturated carbocycles. The molecule has 1 amide bonds. The molecule has 3 rings (SSSR count). The van der Waals surface area contributed by atoms with Crippen LogP contribution >= 0.6 is 0 Å². The Morgan fingerprint density at radius 2 is 1.85 bits per heavy atom. The zero-order valence-corrected chi connectivity index (χ0v) is 15.1. The predicted octanol–water partition coefficient (Wildman–Crippen LogP) is 4.01. The molecule has 1 aliphatic heterocycles. The smallest absolute Gasteiger partial charge is 0.224 e. The summed E-state index contributed by atoms with van der Waals surface area (Å²) in [5, 5.41) is 2.88. The molecule has 1 fully saturated rings. The zero-order valence-electron chi connectivity index (χ0n) is 15.1. The van der Waals surface area contributed by atoms with Gasteiger partial charge >= 0.3 is 0 Å². The van der Waals surface area contributed by atoms with E-state index < -0.39 is 0 Å². The lowest BCUT2D eigenvalue weighted by molar-refractivity contribution is -0.116. The molecule has 0 atom stereocenters. The van der Waals surface area contributed by atoms with E-state index in [0.717, 1.165) is 37.3 Å². The Kier molecular flexibility index (Phi) is 6.23. The highest BCUT2D eigenvalue weighted by Gasteiger charge is 2.18. The fraction of sp³-hybridized carbons (Fsp3) is 0.381. The summed E-state index contributed by atoms with van der Waals surface area (Å²) < 4.78 is 19.0. The maximum absolute atomic E-state index is 13.6. The topological polar surface area (TPSA) is 41.6 Å². The van der Waals surface area contributed by atoms with Crippen LogP contribution in [0.3, 0.4) is 0 Å². The van der Waals surface area contributed by atoms with Gasteiger partial charge < -0.3 is 15.0 Å². The van der Waals surface area contributed by atoms with Crippen molar-refractivity contribution in [3.8, 4) is 0 Å². The molecule has 0 radical (unpaired) electrons.